The molecular formula is C9H17NO3. The fourth-order valence-corrected chi connectivity index (χ4v) is 1.63. The van der Waals surface area contributed by atoms with Crippen molar-refractivity contribution in [3.63, 3.8) is 0 Å². The Morgan fingerprint density at radius 2 is 2.54 bits per heavy atom. The zero-order valence-electron chi connectivity index (χ0n) is 7.95. The summed E-state index contributed by atoms with van der Waals surface area (Å²) in [5, 5.41) is 12.8. The first-order valence-electron chi connectivity index (χ1n) is 4.69. The molecule has 2 N–H and O–H groups in total. The molecule has 0 aromatic heterocycles. The van der Waals surface area contributed by atoms with Crippen molar-refractivity contribution < 1.29 is 14.6 Å². The Morgan fingerprint density at radius 1 is 1.77 bits per heavy atom. The number of hydrogen-bond donors (Lipinski definition) is 2. The number of carbonyl (C=O) groups excluding carboxylic acids is 1. The lowest BCUT2D eigenvalue weighted by atomic mass is 9.92. The first-order chi connectivity index (χ1) is 6.24. The predicted molar refractivity (Wildman–Crippen MR) is 48.2 cm³/mol. The minimum Gasteiger partial charge on any atom is -0.469 e. The van der Waals surface area contributed by atoms with Gasteiger partial charge in [0.1, 0.15) is 0 Å². The van der Waals surface area contributed by atoms with Gasteiger partial charge in [-0.15, -0.1) is 0 Å². The molecule has 2 atom stereocenters. The van der Waals surface area contributed by atoms with Gasteiger partial charge in [0.25, 0.3) is 0 Å². The molecule has 0 saturated carbocycles. The molecule has 1 rings (SSSR count). The van der Waals surface area contributed by atoms with Crippen LogP contribution in [0.3, 0.4) is 0 Å². The molecule has 0 radical (unpaired) electrons. The molecule has 1 aliphatic heterocycles. The first kappa shape index (κ1) is 10.5. The van der Waals surface area contributed by atoms with Crippen LogP contribution in [0.25, 0.3) is 0 Å². The fourth-order valence-electron chi connectivity index (χ4n) is 1.63. The Labute approximate surface area is 78.3 Å². The van der Waals surface area contributed by atoms with Gasteiger partial charge in [0.2, 0.25) is 0 Å². The lowest BCUT2D eigenvalue weighted by molar-refractivity contribution is -0.143. The van der Waals surface area contributed by atoms with Crippen molar-refractivity contribution in [1.29, 1.82) is 0 Å². The van der Waals surface area contributed by atoms with Gasteiger partial charge in [-0.1, -0.05) is 0 Å². The van der Waals surface area contributed by atoms with Crippen LogP contribution in [0, 0.1) is 5.92 Å². The smallest absolute Gasteiger partial charge is 0.308 e. The van der Waals surface area contributed by atoms with Gasteiger partial charge in [-0.25, -0.2) is 0 Å². The molecule has 4 nitrogen and oxygen atoms in total. The van der Waals surface area contributed by atoms with Crippen LogP contribution < -0.4 is 5.32 Å². The highest BCUT2D eigenvalue weighted by molar-refractivity contribution is 5.69. The highest BCUT2D eigenvalue weighted by Crippen LogP contribution is 2.16. The van der Waals surface area contributed by atoms with Crippen molar-refractivity contribution in [1.82, 2.24) is 5.32 Å². The number of carbonyl (C=O) groups is 1. The maximum atomic E-state index is 10.9. The standard InChI is InChI=1S/C9H17NO3/c1-13-9(12)5-8(11)7-3-2-4-10-6-7/h7-8,10-11H,2-6H2,1H3/t7-,8+/m0/s1. The Balaban J connectivity index is 2.28. The van der Waals surface area contributed by atoms with Gasteiger partial charge in [0.05, 0.1) is 19.6 Å². The van der Waals surface area contributed by atoms with Crippen molar-refractivity contribution in [2.24, 2.45) is 5.92 Å². The number of esters is 1. The monoisotopic (exact) mass is 187 g/mol. The molecular weight excluding hydrogens is 170 g/mol. The van der Waals surface area contributed by atoms with E-state index in [1.54, 1.807) is 0 Å². The molecule has 1 saturated heterocycles. The Bertz CT molecular complexity index is 166. The molecule has 1 aliphatic rings. The lowest BCUT2D eigenvalue weighted by Crippen LogP contribution is -2.37. The molecule has 13 heavy (non-hydrogen) atoms. The number of hydrogen-bond acceptors (Lipinski definition) is 4. The first-order valence-corrected chi connectivity index (χ1v) is 4.69. The summed E-state index contributed by atoms with van der Waals surface area (Å²) >= 11 is 0. The number of ether oxygens (including phenoxy) is 1. The molecule has 0 aromatic rings. The van der Waals surface area contributed by atoms with Gasteiger partial charge in [-0.05, 0) is 25.3 Å². The highest BCUT2D eigenvalue weighted by atomic mass is 16.5. The topological polar surface area (TPSA) is 58.6 Å². The van der Waals surface area contributed by atoms with Crippen molar-refractivity contribution in [2.75, 3.05) is 20.2 Å². The highest BCUT2D eigenvalue weighted by Gasteiger charge is 2.23. The van der Waals surface area contributed by atoms with Gasteiger partial charge in [0, 0.05) is 6.54 Å². The van der Waals surface area contributed by atoms with E-state index in [0.717, 1.165) is 25.9 Å². The number of nitrogens with one attached hydrogen (secondary N) is 1. The molecule has 0 spiro atoms. The summed E-state index contributed by atoms with van der Waals surface area (Å²) in [5.74, 6) is -0.133. The summed E-state index contributed by atoms with van der Waals surface area (Å²) in [6.07, 6.45) is 1.62. The number of piperidine rings is 1. The third-order valence-corrected chi connectivity index (χ3v) is 2.48. The van der Waals surface area contributed by atoms with E-state index >= 15 is 0 Å². The predicted octanol–water partition coefficient (Wildman–Crippen LogP) is -0.0900. The average molecular weight is 187 g/mol. The fraction of sp³-hybridized carbons (Fsp3) is 0.889. The van der Waals surface area contributed by atoms with Gasteiger partial charge in [-0.2, -0.15) is 0 Å². The van der Waals surface area contributed by atoms with Crippen molar-refractivity contribution >= 4 is 5.97 Å². The van der Waals surface area contributed by atoms with Crippen LogP contribution in [0.5, 0.6) is 0 Å². The number of aliphatic hydroxyl groups is 1. The molecule has 4 heteroatoms. The van der Waals surface area contributed by atoms with Crippen molar-refractivity contribution in [3.8, 4) is 0 Å². The van der Waals surface area contributed by atoms with E-state index in [1.165, 1.54) is 7.11 Å². The zero-order valence-corrected chi connectivity index (χ0v) is 7.95. The molecule has 0 bridgehead atoms. The van der Waals surface area contributed by atoms with Gasteiger partial charge < -0.3 is 15.2 Å². The molecule has 1 fully saturated rings. The summed E-state index contributed by atoms with van der Waals surface area (Å²) < 4.78 is 4.49. The van der Waals surface area contributed by atoms with Crippen molar-refractivity contribution in [2.45, 2.75) is 25.4 Å². The Hall–Kier alpha value is -0.610. The van der Waals surface area contributed by atoms with Crippen molar-refractivity contribution in [3.05, 3.63) is 0 Å². The van der Waals surface area contributed by atoms with Crippen LogP contribution in [-0.4, -0.2) is 37.4 Å². The molecule has 1 heterocycles. The number of methoxy groups -OCH3 is 1. The molecule has 0 aliphatic carbocycles. The molecule has 0 unspecified atom stereocenters. The minimum absolute atomic E-state index is 0.114. The summed E-state index contributed by atoms with van der Waals surface area (Å²) in [6, 6.07) is 0. The van der Waals surface area contributed by atoms with E-state index in [-0.39, 0.29) is 18.3 Å². The van der Waals surface area contributed by atoms with E-state index in [2.05, 4.69) is 10.1 Å². The second-order valence-electron chi connectivity index (χ2n) is 3.45. The van der Waals surface area contributed by atoms with E-state index in [4.69, 9.17) is 0 Å². The van der Waals surface area contributed by atoms with E-state index < -0.39 is 6.10 Å². The lowest BCUT2D eigenvalue weighted by Gasteiger charge is -2.26. The molecule has 0 aromatic carbocycles. The summed E-state index contributed by atoms with van der Waals surface area (Å²) in [6.45, 7) is 1.82. The maximum Gasteiger partial charge on any atom is 0.308 e. The Kier molecular flexibility index (Phi) is 4.18. The van der Waals surface area contributed by atoms with Crippen LogP contribution >= 0.6 is 0 Å². The quantitative estimate of drug-likeness (QED) is 0.606. The Morgan fingerprint density at radius 3 is 3.08 bits per heavy atom. The molecule has 0 amide bonds. The second-order valence-corrected chi connectivity index (χ2v) is 3.45. The third-order valence-electron chi connectivity index (χ3n) is 2.48. The largest absolute Gasteiger partial charge is 0.469 e. The SMILES string of the molecule is COC(=O)C[C@@H](O)[C@H]1CCCNC1. The van der Waals surface area contributed by atoms with Crippen LogP contribution in [0.15, 0.2) is 0 Å². The van der Waals surface area contributed by atoms with Crippen LogP contribution in [0.4, 0.5) is 0 Å². The van der Waals surface area contributed by atoms with Gasteiger partial charge in [0.15, 0.2) is 0 Å². The summed E-state index contributed by atoms with van der Waals surface area (Å²) in [5.41, 5.74) is 0. The number of rotatable bonds is 3. The summed E-state index contributed by atoms with van der Waals surface area (Å²) in [4.78, 5) is 10.9. The maximum absolute atomic E-state index is 10.9. The average Bonchev–Trinajstić information content (AvgIpc) is 2.19. The van der Waals surface area contributed by atoms with Gasteiger partial charge in [-0.3, -0.25) is 4.79 Å². The van der Waals surface area contributed by atoms with Crippen LogP contribution in [-0.2, 0) is 9.53 Å². The number of aliphatic hydroxyl groups excluding tert-OH is 1. The van der Waals surface area contributed by atoms with E-state index in [1.807, 2.05) is 0 Å². The summed E-state index contributed by atoms with van der Waals surface area (Å²) in [7, 11) is 1.34. The van der Waals surface area contributed by atoms with E-state index in [0.29, 0.717) is 0 Å². The van der Waals surface area contributed by atoms with Gasteiger partial charge >= 0.3 is 5.97 Å². The minimum atomic E-state index is -0.555. The third kappa shape index (κ3) is 3.32. The van der Waals surface area contributed by atoms with Crippen LogP contribution in [0.1, 0.15) is 19.3 Å². The second kappa shape index (κ2) is 5.19. The normalized spacial score (nSPS) is 25.2. The zero-order chi connectivity index (χ0) is 9.68. The van der Waals surface area contributed by atoms with E-state index in [9.17, 15) is 9.90 Å². The molecule has 76 valence electrons. The van der Waals surface area contributed by atoms with Crippen LogP contribution in [0.2, 0.25) is 0 Å².